The summed E-state index contributed by atoms with van der Waals surface area (Å²) in [4.78, 5) is 2.60. The Bertz CT molecular complexity index is 437. The summed E-state index contributed by atoms with van der Waals surface area (Å²) < 4.78 is 1.99. The number of fused-ring (bicyclic) bond motifs is 2. The van der Waals surface area contributed by atoms with E-state index in [0.29, 0.717) is 6.04 Å². The van der Waals surface area contributed by atoms with Gasteiger partial charge in [0.25, 0.3) is 0 Å². The Morgan fingerprint density at radius 1 is 1.28 bits per heavy atom. The van der Waals surface area contributed by atoms with Crippen LogP contribution in [0.25, 0.3) is 0 Å². The highest BCUT2D eigenvalue weighted by molar-refractivity contribution is 5.24. The fraction of sp³-hybridized carbons (Fsp3) is 0.786. The summed E-state index contributed by atoms with van der Waals surface area (Å²) in [7, 11) is 2.03. The third kappa shape index (κ3) is 2.08. The van der Waals surface area contributed by atoms with Gasteiger partial charge in [0, 0.05) is 37.4 Å². The number of hydrogen-bond donors (Lipinski definition) is 1. The number of aryl methyl sites for hydroxylation is 2. The van der Waals surface area contributed by atoms with Gasteiger partial charge in [-0.15, -0.1) is 0 Å². The second-order valence-corrected chi connectivity index (χ2v) is 5.90. The number of rotatable bonds is 3. The van der Waals surface area contributed by atoms with Crippen molar-refractivity contribution in [2.45, 2.75) is 39.3 Å². The zero-order valence-electron chi connectivity index (χ0n) is 11.7. The monoisotopic (exact) mass is 248 g/mol. The van der Waals surface area contributed by atoms with E-state index in [1.54, 1.807) is 0 Å². The van der Waals surface area contributed by atoms with E-state index in [9.17, 15) is 0 Å². The molecule has 0 spiro atoms. The zero-order chi connectivity index (χ0) is 12.7. The van der Waals surface area contributed by atoms with Crippen molar-refractivity contribution < 1.29 is 0 Å². The molecule has 2 aliphatic heterocycles. The maximum Gasteiger partial charge on any atom is 0.0641 e. The van der Waals surface area contributed by atoms with Crippen LogP contribution in [0, 0.1) is 19.8 Å². The van der Waals surface area contributed by atoms with Crippen LogP contribution in [0.3, 0.4) is 0 Å². The quantitative estimate of drug-likeness (QED) is 0.873. The van der Waals surface area contributed by atoms with E-state index in [2.05, 4.69) is 29.2 Å². The van der Waals surface area contributed by atoms with Crippen molar-refractivity contribution in [2.75, 3.05) is 19.6 Å². The highest BCUT2D eigenvalue weighted by Crippen LogP contribution is 2.27. The van der Waals surface area contributed by atoms with Gasteiger partial charge in [-0.1, -0.05) is 0 Å². The molecule has 3 unspecified atom stereocenters. The number of hydrogen-bond acceptors (Lipinski definition) is 3. The largest absolute Gasteiger partial charge is 0.309 e. The average molecular weight is 248 g/mol. The Balaban J connectivity index is 1.64. The van der Waals surface area contributed by atoms with Gasteiger partial charge in [0.2, 0.25) is 0 Å². The van der Waals surface area contributed by atoms with E-state index in [0.717, 1.165) is 12.5 Å². The number of aromatic nitrogens is 2. The highest BCUT2D eigenvalue weighted by Gasteiger charge is 2.33. The first-order valence-electron chi connectivity index (χ1n) is 7.10. The van der Waals surface area contributed by atoms with Crippen molar-refractivity contribution in [3.8, 4) is 0 Å². The third-order valence-corrected chi connectivity index (χ3v) is 4.83. The second-order valence-electron chi connectivity index (χ2n) is 5.90. The van der Waals surface area contributed by atoms with E-state index in [-0.39, 0.29) is 0 Å². The third-order valence-electron chi connectivity index (χ3n) is 4.83. The molecule has 100 valence electrons. The summed E-state index contributed by atoms with van der Waals surface area (Å²) in [5.41, 5.74) is 3.85. The topological polar surface area (TPSA) is 33.1 Å². The van der Waals surface area contributed by atoms with Crippen LogP contribution in [0.1, 0.15) is 29.8 Å². The normalized spacial score (nSPS) is 30.9. The van der Waals surface area contributed by atoms with Crippen LogP contribution in [0.2, 0.25) is 0 Å². The van der Waals surface area contributed by atoms with Gasteiger partial charge >= 0.3 is 0 Å². The maximum atomic E-state index is 4.49. The lowest BCUT2D eigenvalue weighted by molar-refractivity contribution is 0.220. The predicted molar refractivity (Wildman–Crippen MR) is 72.5 cm³/mol. The minimum absolute atomic E-state index is 0.711. The molecule has 0 aromatic carbocycles. The van der Waals surface area contributed by atoms with Gasteiger partial charge in [-0.05, 0) is 45.7 Å². The van der Waals surface area contributed by atoms with E-state index in [1.165, 1.54) is 49.4 Å². The number of nitrogens with zero attached hydrogens (tertiary/aromatic N) is 3. The first-order chi connectivity index (χ1) is 8.65. The molecule has 2 aliphatic rings. The molecule has 1 N–H and O–H groups in total. The summed E-state index contributed by atoms with van der Waals surface area (Å²) in [6.45, 7) is 9.15. The van der Waals surface area contributed by atoms with Crippen LogP contribution in [-0.4, -0.2) is 40.4 Å². The lowest BCUT2D eigenvalue weighted by Crippen LogP contribution is -2.43. The van der Waals surface area contributed by atoms with Gasteiger partial charge in [0.05, 0.1) is 5.69 Å². The van der Waals surface area contributed by atoms with E-state index < -0.39 is 0 Å². The first kappa shape index (κ1) is 12.2. The Morgan fingerprint density at radius 2 is 2.06 bits per heavy atom. The molecule has 2 fully saturated rings. The molecule has 0 radical (unpaired) electrons. The van der Waals surface area contributed by atoms with E-state index in [1.807, 2.05) is 11.7 Å². The maximum absolute atomic E-state index is 4.49. The molecule has 3 heterocycles. The molecule has 1 aromatic heterocycles. The van der Waals surface area contributed by atoms with Gasteiger partial charge in [-0.3, -0.25) is 4.68 Å². The van der Waals surface area contributed by atoms with Gasteiger partial charge in [-0.25, -0.2) is 0 Å². The Morgan fingerprint density at radius 3 is 2.78 bits per heavy atom. The Labute approximate surface area is 109 Å². The van der Waals surface area contributed by atoms with Gasteiger partial charge in [-0.2, -0.15) is 5.10 Å². The summed E-state index contributed by atoms with van der Waals surface area (Å²) in [5, 5.41) is 8.27. The predicted octanol–water partition coefficient (Wildman–Crippen LogP) is 1.22. The molecule has 3 rings (SSSR count). The van der Waals surface area contributed by atoms with Gasteiger partial charge in [0.1, 0.15) is 0 Å². The van der Waals surface area contributed by atoms with Crippen molar-refractivity contribution in [2.24, 2.45) is 13.0 Å². The van der Waals surface area contributed by atoms with E-state index >= 15 is 0 Å². The van der Waals surface area contributed by atoms with Crippen molar-refractivity contribution in [3.63, 3.8) is 0 Å². The fourth-order valence-electron chi connectivity index (χ4n) is 3.53. The average Bonchev–Trinajstić information content (AvgIpc) is 2.84. The molecule has 4 heteroatoms. The lowest BCUT2D eigenvalue weighted by atomic mass is 9.94. The minimum Gasteiger partial charge on any atom is -0.309 e. The van der Waals surface area contributed by atoms with E-state index in [4.69, 9.17) is 0 Å². The molecule has 0 amide bonds. The fourth-order valence-corrected chi connectivity index (χ4v) is 3.53. The molecule has 2 bridgehead atoms. The molecular weight excluding hydrogens is 224 g/mol. The SMILES string of the molecule is Cc1nn(C)c(C)c1CNC1CCN2CCC1C2. The molecule has 4 nitrogen and oxygen atoms in total. The number of piperidine rings is 1. The molecule has 1 aromatic rings. The van der Waals surface area contributed by atoms with Crippen LogP contribution in [0.15, 0.2) is 0 Å². The standard InChI is InChI=1S/C14H24N4/c1-10-13(11(2)17(3)16-10)8-15-14-5-7-18-6-4-12(14)9-18/h12,14-15H,4-9H2,1-3H3. The van der Waals surface area contributed by atoms with Crippen molar-refractivity contribution >= 4 is 0 Å². The lowest BCUT2D eigenvalue weighted by Gasteiger charge is -2.31. The first-order valence-corrected chi connectivity index (χ1v) is 7.10. The molecular formula is C14H24N4. The van der Waals surface area contributed by atoms with Crippen LogP contribution >= 0.6 is 0 Å². The zero-order valence-corrected chi connectivity index (χ0v) is 11.7. The summed E-state index contributed by atoms with van der Waals surface area (Å²) >= 11 is 0. The van der Waals surface area contributed by atoms with Crippen molar-refractivity contribution in [1.29, 1.82) is 0 Å². The number of nitrogens with one attached hydrogen (secondary N) is 1. The summed E-state index contributed by atoms with van der Waals surface area (Å²) in [6, 6.07) is 0.711. The van der Waals surface area contributed by atoms with Crippen LogP contribution in [-0.2, 0) is 13.6 Å². The van der Waals surface area contributed by atoms with Crippen LogP contribution < -0.4 is 5.32 Å². The minimum atomic E-state index is 0.711. The van der Waals surface area contributed by atoms with Crippen LogP contribution in [0.5, 0.6) is 0 Å². The molecule has 2 saturated heterocycles. The second kappa shape index (κ2) is 4.67. The summed E-state index contributed by atoms with van der Waals surface area (Å²) in [5.74, 6) is 0.871. The highest BCUT2D eigenvalue weighted by atomic mass is 15.3. The van der Waals surface area contributed by atoms with Crippen molar-refractivity contribution in [3.05, 3.63) is 17.0 Å². The van der Waals surface area contributed by atoms with Gasteiger partial charge in [0.15, 0.2) is 0 Å². The molecule has 0 aliphatic carbocycles. The van der Waals surface area contributed by atoms with Crippen LogP contribution in [0.4, 0.5) is 0 Å². The summed E-state index contributed by atoms with van der Waals surface area (Å²) in [6.07, 6.45) is 2.69. The van der Waals surface area contributed by atoms with Gasteiger partial charge < -0.3 is 10.2 Å². The molecule has 18 heavy (non-hydrogen) atoms. The molecule has 0 saturated carbocycles. The van der Waals surface area contributed by atoms with Crippen molar-refractivity contribution in [1.82, 2.24) is 20.0 Å². The Hall–Kier alpha value is -0.870. The Kier molecular flexibility index (Phi) is 3.16. The molecule has 3 atom stereocenters. The smallest absolute Gasteiger partial charge is 0.0641 e.